The van der Waals surface area contributed by atoms with Gasteiger partial charge in [-0.25, -0.2) is 0 Å². The van der Waals surface area contributed by atoms with E-state index in [0.717, 1.165) is 4.90 Å². The number of benzene rings is 4. The van der Waals surface area contributed by atoms with Crippen LogP contribution in [0.5, 0.6) is 5.75 Å². The molecule has 0 aliphatic heterocycles. The van der Waals surface area contributed by atoms with Gasteiger partial charge in [-0.05, 0) is 61.0 Å². The van der Waals surface area contributed by atoms with Gasteiger partial charge in [0.05, 0.1) is 22.8 Å². The van der Waals surface area contributed by atoms with Crippen molar-refractivity contribution in [2.75, 3.05) is 17.7 Å². The number of para-hydroxylation sites is 1. The van der Waals surface area contributed by atoms with E-state index in [4.69, 9.17) is 4.74 Å². The van der Waals surface area contributed by atoms with E-state index in [2.05, 4.69) is 16.0 Å². The highest BCUT2D eigenvalue weighted by molar-refractivity contribution is 8.00. The van der Waals surface area contributed by atoms with E-state index in [9.17, 15) is 24.5 Å². The lowest BCUT2D eigenvalue weighted by Crippen LogP contribution is -2.30. The molecule has 0 fully saturated rings. The number of hydrogen-bond acceptors (Lipinski definition) is 7. The van der Waals surface area contributed by atoms with E-state index >= 15 is 0 Å². The predicted octanol–water partition coefficient (Wildman–Crippen LogP) is 6.52. The monoisotopic (exact) mass is 610 g/mol. The van der Waals surface area contributed by atoms with Gasteiger partial charge in [-0.15, -0.1) is 11.8 Å². The van der Waals surface area contributed by atoms with Crippen LogP contribution in [0.3, 0.4) is 0 Å². The van der Waals surface area contributed by atoms with Crippen LogP contribution in [0.25, 0.3) is 6.08 Å². The fourth-order valence-corrected chi connectivity index (χ4v) is 5.14. The standard InChI is InChI=1S/C33H30N4O6S/c1-3-30(33(40)35-24-14-9-16-26(20-24)43-2)44-27-17-10-15-25(21-27)34-32(39)28(36-31(38)22-11-5-4-6-12-22)19-23-13-7-8-18-29(23)37(41)42/h4-21,30H,3H2,1-2H3,(H,34,39)(H,35,40)(H,36,38)/b28-19+. The van der Waals surface area contributed by atoms with E-state index in [1.165, 1.54) is 36.0 Å². The molecule has 0 saturated carbocycles. The molecule has 10 nitrogen and oxygen atoms in total. The summed E-state index contributed by atoms with van der Waals surface area (Å²) >= 11 is 1.34. The Kier molecular flexibility index (Phi) is 10.9. The first-order valence-electron chi connectivity index (χ1n) is 13.6. The first-order chi connectivity index (χ1) is 21.3. The first-order valence-corrected chi connectivity index (χ1v) is 14.5. The van der Waals surface area contributed by atoms with Crippen molar-refractivity contribution in [3.63, 3.8) is 0 Å². The van der Waals surface area contributed by atoms with Crippen molar-refractivity contribution < 1.29 is 24.0 Å². The molecule has 1 atom stereocenters. The molecule has 3 N–H and O–H groups in total. The molecule has 0 aromatic heterocycles. The highest BCUT2D eigenvalue weighted by Crippen LogP contribution is 2.29. The van der Waals surface area contributed by atoms with E-state index in [1.54, 1.807) is 86.0 Å². The number of nitrogens with one attached hydrogen (secondary N) is 3. The summed E-state index contributed by atoms with van der Waals surface area (Å²) in [7, 11) is 1.55. The highest BCUT2D eigenvalue weighted by Gasteiger charge is 2.21. The zero-order chi connectivity index (χ0) is 31.5. The zero-order valence-corrected chi connectivity index (χ0v) is 24.8. The summed E-state index contributed by atoms with van der Waals surface area (Å²) in [6.45, 7) is 1.91. The van der Waals surface area contributed by atoms with Gasteiger partial charge in [-0.3, -0.25) is 24.5 Å². The van der Waals surface area contributed by atoms with Crippen molar-refractivity contribution in [3.05, 3.63) is 130 Å². The minimum Gasteiger partial charge on any atom is -0.497 e. The second-order valence-corrected chi connectivity index (χ2v) is 10.7. The Morgan fingerprint density at radius 1 is 0.886 bits per heavy atom. The summed E-state index contributed by atoms with van der Waals surface area (Å²) in [5, 5.41) is 19.4. The van der Waals surface area contributed by atoms with Gasteiger partial charge in [0, 0.05) is 34.0 Å². The van der Waals surface area contributed by atoms with E-state index in [0.29, 0.717) is 29.1 Å². The molecule has 3 amide bonds. The van der Waals surface area contributed by atoms with Gasteiger partial charge in [-0.1, -0.05) is 49.4 Å². The molecule has 4 aromatic carbocycles. The number of nitro groups is 1. The molecule has 0 saturated heterocycles. The van der Waals surface area contributed by atoms with Gasteiger partial charge in [0.25, 0.3) is 17.5 Å². The summed E-state index contributed by atoms with van der Waals surface area (Å²) in [5.74, 6) is -0.791. The number of hydrogen-bond donors (Lipinski definition) is 3. The second kappa shape index (κ2) is 15.2. The molecule has 0 radical (unpaired) electrons. The number of rotatable bonds is 12. The number of anilines is 2. The summed E-state index contributed by atoms with van der Waals surface area (Å²) in [4.78, 5) is 51.2. The zero-order valence-electron chi connectivity index (χ0n) is 24.0. The summed E-state index contributed by atoms with van der Waals surface area (Å²) in [6, 6.07) is 28.2. The summed E-state index contributed by atoms with van der Waals surface area (Å²) < 4.78 is 5.23. The molecule has 44 heavy (non-hydrogen) atoms. The molecule has 4 aromatic rings. The Hall–Kier alpha value is -5.42. The Morgan fingerprint density at radius 3 is 2.27 bits per heavy atom. The quantitative estimate of drug-likeness (QED) is 0.0718. The Morgan fingerprint density at radius 2 is 1.57 bits per heavy atom. The number of methoxy groups -OCH3 is 1. The Labute approximate surface area is 258 Å². The number of nitro benzene ring substituents is 1. The van der Waals surface area contributed by atoms with Crippen LogP contribution in [0.1, 0.15) is 29.3 Å². The van der Waals surface area contributed by atoms with Gasteiger partial charge in [0.15, 0.2) is 0 Å². The maximum absolute atomic E-state index is 13.5. The maximum atomic E-state index is 13.5. The normalized spacial score (nSPS) is 11.6. The third-order valence-electron chi connectivity index (χ3n) is 6.33. The SMILES string of the molecule is CCC(Sc1cccc(NC(=O)/C(=C\c2ccccc2[N+](=O)[O-])NC(=O)c2ccccc2)c1)C(=O)Nc1cccc(OC)c1. The van der Waals surface area contributed by atoms with E-state index < -0.39 is 22.0 Å². The largest absolute Gasteiger partial charge is 0.497 e. The van der Waals surface area contributed by atoms with Gasteiger partial charge in [0.2, 0.25) is 5.91 Å². The van der Waals surface area contributed by atoms with Crippen LogP contribution in [-0.4, -0.2) is 35.0 Å². The summed E-state index contributed by atoms with van der Waals surface area (Å²) in [5.41, 5.74) is 1.08. The molecule has 0 heterocycles. The summed E-state index contributed by atoms with van der Waals surface area (Å²) in [6.07, 6.45) is 1.81. The third-order valence-corrected chi connectivity index (χ3v) is 7.69. The van der Waals surface area contributed by atoms with Crippen LogP contribution < -0.4 is 20.7 Å². The Bertz CT molecular complexity index is 1690. The van der Waals surface area contributed by atoms with Crippen molar-refractivity contribution in [2.45, 2.75) is 23.5 Å². The van der Waals surface area contributed by atoms with Crippen molar-refractivity contribution in [3.8, 4) is 5.75 Å². The van der Waals surface area contributed by atoms with E-state index in [-0.39, 0.29) is 22.9 Å². The number of nitrogens with zero attached hydrogens (tertiary/aromatic N) is 1. The number of amides is 3. The average molecular weight is 611 g/mol. The van der Waals surface area contributed by atoms with Crippen LogP contribution in [0.2, 0.25) is 0 Å². The molecule has 4 rings (SSSR count). The van der Waals surface area contributed by atoms with Crippen LogP contribution in [0.4, 0.5) is 17.1 Å². The minimum absolute atomic E-state index is 0.146. The average Bonchev–Trinajstić information content (AvgIpc) is 3.04. The van der Waals surface area contributed by atoms with Gasteiger partial charge >= 0.3 is 0 Å². The van der Waals surface area contributed by atoms with Crippen molar-refractivity contribution in [1.82, 2.24) is 5.32 Å². The molecule has 0 spiro atoms. The maximum Gasteiger partial charge on any atom is 0.276 e. The van der Waals surface area contributed by atoms with Crippen molar-refractivity contribution in [2.24, 2.45) is 0 Å². The fraction of sp³-hybridized carbons (Fsp3) is 0.121. The number of ether oxygens (including phenoxy) is 1. The predicted molar refractivity (Wildman–Crippen MR) is 172 cm³/mol. The van der Waals surface area contributed by atoms with Crippen LogP contribution in [0, 0.1) is 10.1 Å². The molecule has 0 aliphatic rings. The van der Waals surface area contributed by atoms with Gasteiger partial charge < -0.3 is 20.7 Å². The van der Waals surface area contributed by atoms with Crippen LogP contribution >= 0.6 is 11.8 Å². The lowest BCUT2D eigenvalue weighted by atomic mass is 10.1. The second-order valence-electron chi connectivity index (χ2n) is 9.41. The fourth-order valence-electron chi connectivity index (χ4n) is 4.13. The molecule has 1 unspecified atom stereocenters. The lowest BCUT2D eigenvalue weighted by Gasteiger charge is -2.16. The molecule has 0 bridgehead atoms. The van der Waals surface area contributed by atoms with Crippen molar-refractivity contribution >= 4 is 52.6 Å². The van der Waals surface area contributed by atoms with Crippen LogP contribution in [-0.2, 0) is 9.59 Å². The molecule has 224 valence electrons. The lowest BCUT2D eigenvalue weighted by molar-refractivity contribution is -0.385. The Balaban J connectivity index is 1.54. The highest BCUT2D eigenvalue weighted by atomic mass is 32.2. The van der Waals surface area contributed by atoms with Gasteiger partial charge in [-0.2, -0.15) is 0 Å². The third kappa shape index (κ3) is 8.55. The number of carbonyl (C=O) groups excluding carboxylic acids is 3. The minimum atomic E-state index is -0.683. The van der Waals surface area contributed by atoms with Gasteiger partial charge in [0.1, 0.15) is 11.4 Å². The molecular formula is C33H30N4O6S. The van der Waals surface area contributed by atoms with E-state index in [1.807, 2.05) is 13.0 Å². The smallest absolute Gasteiger partial charge is 0.276 e. The van der Waals surface area contributed by atoms with Crippen LogP contribution in [0.15, 0.2) is 114 Å². The topological polar surface area (TPSA) is 140 Å². The number of carbonyl (C=O) groups is 3. The number of thioether (sulfide) groups is 1. The first kappa shape index (κ1) is 31.5. The van der Waals surface area contributed by atoms with Crippen molar-refractivity contribution in [1.29, 1.82) is 0 Å². The molecule has 11 heteroatoms. The molecular weight excluding hydrogens is 580 g/mol. The molecule has 0 aliphatic carbocycles.